The number of hydrogen-bond acceptors (Lipinski definition) is 3. The second kappa shape index (κ2) is 5.80. The predicted molar refractivity (Wildman–Crippen MR) is 63.5 cm³/mol. The average Bonchev–Trinajstić information content (AvgIpc) is 2.34. The summed E-state index contributed by atoms with van der Waals surface area (Å²) in [4.78, 5) is 10.2. The lowest BCUT2D eigenvalue weighted by atomic mass is 10.2. The molecule has 20 heavy (non-hydrogen) atoms. The SMILES string of the molecule is CCN(CC(=O)O)S(=O)(=O)c1ccc(C(F)(F)F)cc1. The van der Waals surface area contributed by atoms with E-state index in [2.05, 4.69) is 0 Å². The smallest absolute Gasteiger partial charge is 0.416 e. The van der Waals surface area contributed by atoms with Crippen LogP contribution in [0.5, 0.6) is 0 Å². The lowest BCUT2D eigenvalue weighted by Gasteiger charge is -2.18. The van der Waals surface area contributed by atoms with Crippen molar-refractivity contribution in [3.05, 3.63) is 29.8 Å². The van der Waals surface area contributed by atoms with Crippen molar-refractivity contribution in [2.45, 2.75) is 18.0 Å². The van der Waals surface area contributed by atoms with Crippen LogP contribution in [0, 0.1) is 0 Å². The van der Waals surface area contributed by atoms with Crippen molar-refractivity contribution < 1.29 is 31.5 Å². The Morgan fingerprint density at radius 1 is 1.25 bits per heavy atom. The van der Waals surface area contributed by atoms with Crippen molar-refractivity contribution in [1.29, 1.82) is 0 Å². The van der Waals surface area contributed by atoms with Gasteiger partial charge in [0.1, 0.15) is 6.54 Å². The van der Waals surface area contributed by atoms with Crippen LogP contribution in [0.1, 0.15) is 12.5 Å². The van der Waals surface area contributed by atoms with Crippen LogP contribution >= 0.6 is 0 Å². The number of hydrogen-bond donors (Lipinski definition) is 1. The Bertz CT molecular complexity index is 581. The highest BCUT2D eigenvalue weighted by molar-refractivity contribution is 7.89. The van der Waals surface area contributed by atoms with E-state index in [-0.39, 0.29) is 11.4 Å². The Labute approximate surface area is 113 Å². The van der Waals surface area contributed by atoms with E-state index in [1.54, 1.807) is 0 Å². The van der Waals surface area contributed by atoms with Gasteiger partial charge in [-0.05, 0) is 24.3 Å². The summed E-state index contributed by atoms with van der Waals surface area (Å²) in [6.45, 7) is 0.583. The number of carboxylic acids is 1. The molecule has 0 aliphatic rings. The average molecular weight is 311 g/mol. The Morgan fingerprint density at radius 3 is 2.10 bits per heavy atom. The molecular weight excluding hydrogens is 299 g/mol. The standard InChI is InChI=1S/C11H12F3NO4S/c1-2-15(7-10(16)17)20(18,19)9-5-3-8(4-6-9)11(12,13)14/h3-6H,2,7H2,1H3,(H,16,17). The Kier molecular flexibility index (Phi) is 4.77. The van der Waals surface area contributed by atoms with Gasteiger partial charge in [0, 0.05) is 6.54 Å². The first-order valence-electron chi connectivity index (χ1n) is 5.48. The van der Waals surface area contributed by atoms with Gasteiger partial charge in [-0.15, -0.1) is 0 Å². The molecule has 0 saturated carbocycles. The summed E-state index contributed by atoms with van der Waals surface area (Å²) >= 11 is 0. The van der Waals surface area contributed by atoms with Crippen molar-refractivity contribution in [1.82, 2.24) is 4.31 Å². The second-order valence-electron chi connectivity index (χ2n) is 3.85. The number of carboxylic acid groups (broad SMARTS) is 1. The van der Waals surface area contributed by atoms with E-state index in [0.29, 0.717) is 16.4 Å². The minimum Gasteiger partial charge on any atom is -0.480 e. The fraction of sp³-hybridized carbons (Fsp3) is 0.364. The van der Waals surface area contributed by atoms with E-state index in [1.165, 1.54) is 6.92 Å². The number of sulfonamides is 1. The van der Waals surface area contributed by atoms with Crippen molar-refractivity contribution in [3.63, 3.8) is 0 Å². The normalized spacial score (nSPS) is 12.7. The maximum absolute atomic E-state index is 12.4. The van der Waals surface area contributed by atoms with Crippen molar-refractivity contribution in [3.8, 4) is 0 Å². The number of benzene rings is 1. The lowest BCUT2D eigenvalue weighted by molar-refractivity contribution is -0.138. The minimum atomic E-state index is -4.56. The van der Waals surface area contributed by atoms with Crippen LogP contribution in [0.15, 0.2) is 29.2 Å². The molecule has 0 unspecified atom stereocenters. The third kappa shape index (κ3) is 3.70. The largest absolute Gasteiger partial charge is 0.480 e. The van der Waals surface area contributed by atoms with Gasteiger partial charge in [0.05, 0.1) is 10.5 Å². The third-order valence-corrected chi connectivity index (χ3v) is 4.42. The number of likely N-dealkylation sites (N-methyl/N-ethyl adjacent to an activating group) is 1. The highest BCUT2D eigenvalue weighted by Gasteiger charge is 2.31. The molecule has 1 aromatic rings. The predicted octanol–water partition coefficient (Wildman–Crippen LogP) is 1.80. The maximum Gasteiger partial charge on any atom is 0.416 e. The minimum absolute atomic E-state index is 0.102. The fourth-order valence-corrected chi connectivity index (χ4v) is 2.88. The van der Waals surface area contributed by atoms with Crippen LogP contribution in [-0.2, 0) is 21.0 Å². The number of nitrogens with zero attached hydrogens (tertiary/aromatic N) is 1. The van der Waals surface area contributed by atoms with E-state index in [0.717, 1.165) is 12.1 Å². The van der Waals surface area contributed by atoms with E-state index in [9.17, 15) is 26.4 Å². The van der Waals surface area contributed by atoms with Crippen LogP contribution in [0.4, 0.5) is 13.2 Å². The zero-order valence-corrected chi connectivity index (χ0v) is 11.2. The summed E-state index contributed by atoms with van der Waals surface area (Å²) in [5, 5.41) is 8.62. The molecule has 0 fully saturated rings. The summed E-state index contributed by atoms with van der Waals surface area (Å²) < 4.78 is 61.9. The first-order chi connectivity index (χ1) is 9.09. The Balaban J connectivity index is 3.12. The molecule has 1 rings (SSSR count). The molecule has 0 aliphatic heterocycles. The van der Waals surface area contributed by atoms with Gasteiger partial charge < -0.3 is 5.11 Å². The van der Waals surface area contributed by atoms with Gasteiger partial charge >= 0.3 is 12.1 Å². The monoisotopic (exact) mass is 311 g/mol. The number of halogens is 3. The van der Waals surface area contributed by atoms with Gasteiger partial charge in [0.2, 0.25) is 10.0 Å². The van der Waals surface area contributed by atoms with Crippen LogP contribution in [0.25, 0.3) is 0 Å². The molecular formula is C11H12F3NO4S. The third-order valence-electron chi connectivity index (χ3n) is 2.48. The van der Waals surface area contributed by atoms with Crippen molar-refractivity contribution >= 4 is 16.0 Å². The van der Waals surface area contributed by atoms with Crippen LogP contribution in [0.3, 0.4) is 0 Å². The summed E-state index contributed by atoms with van der Waals surface area (Å²) in [6.07, 6.45) is -4.56. The van der Waals surface area contributed by atoms with Gasteiger partial charge in [-0.2, -0.15) is 17.5 Å². The van der Waals surface area contributed by atoms with E-state index < -0.39 is 34.3 Å². The summed E-state index contributed by atoms with van der Waals surface area (Å²) in [7, 11) is -4.12. The molecule has 5 nitrogen and oxygen atoms in total. The first-order valence-corrected chi connectivity index (χ1v) is 6.92. The number of carbonyl (C=O) groups is 1. The van der Waals surface area contributed by atoms with Crippen molar-refractivity contribution in [2.75, 3.05) is 13.1 Å². The van der Waals surface area contributed by atoms with Crippen molar-refractivity contribution in [2.24, 2.45) is 0 Å². The van der Waals surface area contributed by atoms with E-state index in [4.69, 9.17) is 5.11 Å². The number of rotatable bonds is 5. The molecule has 0 aliphatic carbocycles. The first kappa shape index (κ1) is 16.4. The number of alkyl halides is 3. The van der Waals surface area contributed by atoms with E-state index >= 15 is 0 Å². The second-order valence-corrected chi connectivity index (χ2v) is 5.79. The molecule has 0 heterocycles. The van der Waals surface area contributed by atoms with Gasteiger partial charge in [-0.1, -0.05) is 6.92 Å². The summed E-state index contributed by atoms with van der Waals surface area (Å²) in [5.74, 6) is -1.35. The molecule has 0 bridgehead atoms. The molecule has 0 atom stereocenters. The van der Waals surface area contributed by atoms with Gasteiger partial charge in [0.15, 0.2) is 0 Å². The van der Waals surface area contributed by atoms with Gasteiger partial charge in [-0.25, -0.2) is 8.42 Å². The molecule has 9 heteroatoms. The topological polar surface area (TPSA) is 74.7 Å². The van der Waals surface area contributed by atoms with Crippen LogP contribution in [-0.4, -0.2) is 36.9 Å². The van der Waals surface area contributed by atoms with E-state index in [1.807, 2.05) is 0 Å². The molecule has 0 aromatic heterocycles. The highest BCUT2D eigenvalue weighted by Crippen LogP contribution is 2.30. The Morgan fingerprint density at radius 2 is 1.75 bits per heavy atom. The molecule has 0 radical (unpaired) electrons. The lowest BCUT2D eigenvalue weighted by Crippen LogP contribution is -2.35. The highest BCUT2D eigenvalue weighted by atomic mass is 32.2. The molecule has 0 saturated heterocycles. The molecule has 112 valence electrons. The van der Waals surface area contributed by atoms with Crippen LogP contribution in [0.2, 0.25) is 0 Å². The zero-order chi connectivity index (χ0) is 15.6. The quantitative estimate of drug-likeness (QED) is 0.900. The molecule has 0 amide bonds. The zero-order valence-electron chi connectivity index (χ0n) is 10.4. The summed E-state index contributed by atoms with van der Waals surface area (Å²) in [5.41, 5.74) is -0.974. The number of aliphatic carboxylic acids is 1. The fourth-order valence-electron chi connectivity index (χ4n) is 1.48. The van der Waals surface area contributed by atoms with Crippen LogP contribution < -0.4 is 0 Å². The van der Waals surface area contributed by atoms with Gasteiger partial charge in [-0.3, -0.25) is 4.79 Å². The van der Waals surface area contributed by atoms with Gasteiger partial charge in [0.25, 0.3) is 0 Å². The molecule has 1 aromatic carbocycles. The molecule has 1 N–H and O–H groups in total. The molecule has 0 spiro atoms. The maximum atomic E-state index is 12.4. The Hall–Kier alpha value is -1.61. The summed E-state index contributed by atoms with van der Waals surface area (Å²) in [6, 6.07) is 2.90.